The van der Waals surface area contributed by atoms with Crippen LogP contribution in [0.15, 0.2) is 48.5 Å². The molecular formula is C20H16FN5O. The van der Waals surface area contributed by atoms with E-state index >= 15 is 0 Å². The third-order valence-electron chi connectivity index (χ3n) is 4.96. The molecule has 27 heavy (non-hydrogen) atoms. The number of benzene rings is 2. The van der Waals surface area contributed by atoms with Crippen LogP contribution in [-0.2, 0) is 4.79 Å². The molecule has 1 aliphatic rings. The summed E-state index contributed by atoms with van der Waals surface area (Å²) in [6, 6.07) is 14.2. The van der Waals surface area contributed by atoms with E-state index in [9.17, 15) is 9.18 Å². The summed E-state index contributed by atoms with van der Waals surface area (Å²) in [5, 5.41) is 7.47. The number of anilines is 1. The largest absolute Gasteiger partial charge is 0.322 e. The van der Waals surface area contributed by atoms with Crippen molar-refractivity contribution >= 4 is 22.8 Å². The second kappa shape index (κ2) is 5.77. The molecule has 0 fully saturated rings. The van der Waals surface area contributed by atoms with Crippen molar-refractivity contribution in [2.24, 2.45) is 0 Å². The maximum atomic E-state index is 14.4. The third-order valence-corrected chi connectivity index (χ3v) is 4.96. The number of nitrogens with zero attached hydrogens (tertiary/aromatic N) is 3. The number of imidazole rings is 1. The zero-order chi connectivity index (χ0) is 18.5. The second-order valence-electron chi connectivity index (χ2n) is 6.66. The Bertz CT molecular complexity index is 1160. The number of carbonyl (C=O) groups excluding carboxylic acids is 1. The van der Waals surface area contributed by atoms with Gasteiger partial charge >= 0.3 is 0 Å². The number of hydrogen-bond acceptors (Lipinski definition) is 3. The minimum atomic E-state index is -0.381. The molecule has 2 N–H and O–H groups in total. The van der Waals surface area contributed by atoms with Crippen molar-refractivity contribution in [1.82, 2.24) is 19.7 Å². The highest BCUT2D eigenvalue weighted by Gasteiger charge is 2.34. The number of hydrogen-bond donors (Lipinski definition) is 2. The Morgan fingerprint density at radius 1 is 1.15 bits per heavy atom. The van der Waals surface area contributed by atoms with Gasteiger partial charge in [0, 0.05) is 17.9 Å². The summed E-state index contributed by atoms with van der Waals surface area (Å²) in [5.41, 5.74) is 3.74. The van der Waals surface area contributed by atoms with Gasteiger partial charge in [-0.25, -0.2) is 9.37 Å². The monoisotopic (exact) mass is 361 g/mol. The van der Waals surface area contributed by atoms with Crippen molar-refractivity contribution in [3.63, 3.8) is 0 Å². The molecule has 1 atom stereocenters. The predicted molar refractivity (Wildman–Crippen MR) is 99.4 cm³/mol. The fourth-order valence-corrected chi connectivity index (χ4v) is 3.76. The first kappa shape index (κ1) is 15.7. The number of para-hydroxylation sites is 2. The Kier molecular flexibility index (Phi) is 3.36. The van der Waals surface area contributed by atoms with E-state index in [-0.39, 0.29) is 24.1 Å². The summed E-state index contributed by atoms with van der Waals surface area (Å²) in [6.45, 7) is 1.86. The van der Waals surface area contributed by atoms with Crippen molar-refractivity contribution in [3.8, 4) is 5.95 Å². The van der Waals surface area contributed by atoms with Gasteiger partial charge in [0.15, 0.2) is 0 Å². The molecule has 5 rings (SSSR count). The van der Waals surface area contributed by atoms with Crippen molar-refractivity contribution < 1.29 is 9.18 Å². The fourth-order valence-electron chi connectivity index (χ4n) is 3.76. The molecule has 0 bridgehead atoms. The molecule has 7 heteroatoms. The minimum absolute atomic E-state index is 0.173. The predicted octanol–water partition coefficient (Wildman–Crippen LogP) is 3.67. The molecule has 134 valence electrons. The van der Waals surface area contributed by atoms with E-state index in [2.05, 4.69) is 20.4 Å². The van der Waals surface area contributed by atoms with Gasteiger partial charge in [-0.2, -0.15) is 9.78 Å². The molecule has 0 spiro atoms. The minimum Gasteiger partial charge on any atom is -0.322 e. The van der Waals surface area contributed by atoms with Gasteiger partial charge in [-0.3, -0.25) is 4.79 Å². The number of carbonyl (C=O) groups is 1. The average Bonchev–Trinajstić information content (AvgIpc) is 3.22. The van der Waals surface area contributed by atoms with Gasteiger partial charge < -0.3 is 10.3 Å². The summed E-state index contributed by atoms with van der Waals surface area (Å²) in [6.07, 6.45) is 0.181. The van der Waals surface area contributed by atoms with Crippen LogP contribution in [0, 0.1) is 12.7 Å². The number of aromatic nitrogens is 4. The molecule has 2 aromatic carbocycles. The molecule has 3 heterocycles. The fraction of sp³-hybridized carbons (Fsp3) is 0.150. The van der Waals surface area contributed by atoms with E-state index in [0.717, 1.165) is 22.3 Å². The van der Waals surface area contributed by atoms with Crippen LogP contribution in [0.4, 0.5) is 10.2 Å². The smallest absolute Gasteiger partial charge is 0.231 e. The standard InChI is InChI=1S/C20H16FN5O/c1-11-18-13(12-6-2-3-7-14(12)21)10-17(27)24-19(18)26(25-11)20-22-15-8-4-5-9-16(15)23-20/h2-9,13H,10H2,1H3,(H,22,23)(H,24,27)/t13-/m1/s1. The molecule has 4 aromatic rings. The number of rotatable bonds is 2. The van der Waals surface area contributed by atoms with Crippen molar-refractivity contribution in [2.75, 3.05) is 5.32 Å². The number of aromatic amines is 1. The highest BCUT2D eigenvalue weighted by Crippen LogP contribution is 2.40. The number of fused-ring (bicyclic) bond motifs is 2. The molecule has 6 nitrogen and oxygen atoms in total. The first-order valence-corrected chi connectivity index (χ1v) is 8.70. The van der Waals surface area contributed by atoms with E-state index in [1.54, 1.807) is 22.9 Å². The number of halogens is 1. The molecule has 1 amide bonds. The van der Waals surface area contributed by atoms with Gasteiger partial charge in [-0.15, -0.1) is 0 Å². The molecule has 0 radical (unpaired) electrons. The van der Waals surface area contributed by atoms with Crippen LogP contribution in [0.3, 0.4) is 0 Å². The Balaban J connectivity index is 1.70. The molecule has 0 saturated heterocycles. The van der Waals surface area contributed by atoms with Gasteiger partial charge in [-0.05, 0) is 30.7 Å². The summed E-state index contributed by atoms with van der Waals surface area (Å²) in [4.78, 5) is 20.2. The van der Waals surface area contributed by atoms with E-state index in [4.69, 9.17) is 0 Å². The summed E-state index contributed by atoms with van der Waals surface area (Å²) < 4.78 is 16.0. The van der Waals surface area contributed by atoms with Crippen LogP contribution in [-0.4, -0.2) is 25.7 Å². The first-order valence-electron chi connectivity index (χ1n) is 8.70. The van der Waals surface area contributed by atoms with E-state index in [0.29, 0.717) is 17.3 Å². The Labute approximate surface area is 154 Å². The number of nitrogens with one attached hydrogen (secondary N) is 2. The van der Waals surface area contributed by atoms with Gasteiger partial charge in [0.05, 0.1) is 16.7 Å². The molecule has 0 saturated carbocycles. The van der Waals surface area contributed by atoms with Gasteiger partial charge in [0.25, 0.3) is 0 Å². The maximum absolute atomic E-state index is 14.4. The maximum Gasteiger partial charge on any atom is 0.231 e. The lowest BCUT2D eigenvalue weighted by molar-refractivity contribution is -0.116. The summed E-state index contributed by atoms with van der Waals surface area (Å²) in [7, 11) is 0. The van der Waals surface area contributed by atoms with Crippen molar-refractivity contribution in [3.05, 3.63) is 71.2 Å². The second-order valence-corrected chi connectivity index (χ2v) is 6.66. The zero-order valence-electron chi connectivity index (χ0n) is 14.5. The lowest BCUT2D eigenvalue weighted by atomic mass is 9.85. The summed E-state index contributed by atoms with van der Waals surface area (Å²) >= 11 is 0. The third kappa shape index (κ3) is 2.43. The normalized spacial score (nSPS) is 16.4. The van der Waals surface area contributed by atoms with Crippen LogP contribution in [0.25, 0.3) is 17.0 Å². The lowest BCUT2D eigenvalue weighted by Gasteiger charge is -2.24. The molecule has 1 aliphatic heterocycles. The Morgan fingerprint density at radius 3 is 2.74 bits per heavy atom. The van der Waals surface area contributed by atoms with Gasteiger partial charge in [0.2, 0.25) is 11.9 Å². The quantitative estimate of drug-likeness (QED) is 0.572. The molecule has 0 aliphatic carbocycles. The average molecular weight is 361 g/mol. The molecular weight excluding hydrogens is 345 g/mol. The first-order chi connectivity index (χ1) is 13.1. The Hall–Kier alpha value is -3.48. The Morgan fingerprint density at radius 2 is 1.93 bits per heavy atom. The van der Waals surface area contributed by atoms with Crippen LogP contribution < -0.4 is 5.32 Å². The molecule has 0 unspecified atom stereocenters. The van der Waals surface area contributed by atoms with Crippen molar-refractivity contribution in [1.29, 1.82) is 0 Å². The van der Waals surface area contributed by atoms with Crippen LogP contribution in [0.1, 0.15) is 29.2 Å². The summed E-state index contributed by atoms with van der Waals surface area (Å²) in [5.74, 6) is 0.172. The molecule has 2 aromatic heterocycles. The van der Waals surface area contributed by atoms with Crippen LogP contribution in [0.2, 0.25) is 0 Å². The van der Waals surface area contributed by atoms with E-state index in [1.807, 2.05) is 31.2 Å². The highest BCUT2D eigenvalue weighted by atomic mass is 19.1. The van der Waals surface area contributed by atoms with E-state index < -0.39 is 0 Å². The van der Waals surface area contributed by atoms with Gasteiger partial charge in [0.1, 0.15) is 11.6 Å². The van der Waals surface area contributed by atoms with Crippen LogP contribution in [0.5, 0.6) is 0 Å². The topological polar surface area (TPSA) is 75.6 Å². The zero-order valence-corrected chi connectivity index (χ0v) is 14.5. The number of H-pyrrole nitrogens is 1. The van der Waals surface area contributed by atoms with E-state index in [1.165, 1.54) is 6.07 Å². The van der Waals surface area contributed by atoms with Gasteiger partial charge in [-0.1, -0.05) is 30.3 Å². The highest BCUT2D eigenvalue weighted by molar-refractivity contribution is 5.95. The number of amides is 1. The van der Waals surface area contributed by atoms with Crippen molar-refractivity contribution in [2.45, 2.75) is 19.3 Å². The SMILES string of the molecule is Cc1nn(-c2nc3ccccc3[nH]2)c2c1[C@@H](c1ccccc1F)CC(=O)N2. The lowest BCUT2D eigenvalue weighted by Crippen LogP contribution is -2.25. The number of aryl methyl sites for hydroxylation is 1. The van der Waals surface area contributed by atoms with Crippen LogP contribution >= 0.6 is 0 Å².